The van der Waals surface area contributed by atoms with Gasteiger partial charge in [0.15, 0.2) is 11.5 Å². The third-order valence-corrected chi connectivity index (χ3v) is 4.96. The third kappa shape index (κ3) is 4.23. The molecule has 0 aliphatic carbocycles. The summed E-state index contributed by atoms with van der Waals surface area (Å²) in [7, 11) is 0. The molecule has 0 spiro atoms. The molecule has 4 rings (SSSR count). The molecule has 1 N–H and O–H groups in total. The van der Waals surface area contributed by atoms with E-state index >= 15 is 0 Å². The lowest BCUT2D eigenvalue weighted by atomic mass is 10.1. The van der Waals surface area contributed by atoms with Crippen molar-refractivity contribution < 1.29 is 19.0 Å². The van der Waals surface area contributed by atoms with Crippen LogP contribution in [0.4, 0.5) is 10.1 Å². The van der Waals surface area contributed by atoms with Crippen LogP contribution in [-0.4, -0.2) is 49.3 Å². The number of fused-ring (bicyclic) bond motifs is 1. The molecule has 1 unspecified atom stereocenters. The van der Waals surface area contributed by atoms with Crippen LogP contribution in [0.3, 0.4) is 0 Å². The maximum atomic E-state index is 13.4. The number of aliphatic hydroxyl groups is 1. The Morgan fingerprint density at radius 3 is 2.70 bits per heavy atom. The fourth-order valence-electron chi connectivity index (χ4n) is 3.45. The lowest BCUT2D eigenvalue weighted by Gasteiger charge is -2.37. The topological polar surface area (TPSA) is 45.2 Å². The summed E-state index contributed by atoms with van der Waals surface area (Å²) >= 11 is 0. The van der Waals surface area contributed by atoms with Gasteiger partial charge in [-0.25, -0.2) is 4.39 Å². The quantitative estimate of drug-likeness (QED) is 0.897. The minimum absolute atomic E-state index is 0.213. The second-order valence-corrected chi connectivity index (χ2v) is 6.79. The van der Waals surface area contributed by atoms with Gasteiger partial charge in [-0.2, -0.15) is 0 Å². The Morgan fingerprint density at radius 2 is 1.89 bits per heavy atom. The lowest BCUT2D eigenvalue weighted by Crippen LogP contribution is -2.47. The molecule has 27 heavy (non-hydrogen) atoms. The van der Waals surface area contributed by atoms with Gasteiger partial charge in [0.05, 0.1) is 12.4 Å². The smallest absolute Gasteiger partial charge is 0.168 e. The van der Waals surface area contributed by atoms with E-state index in [0.29, 0.717) is 24.7 Å². The second-order valence-electron chi connectivity index (χ2n) is 6.79. The number of hydrogen-bond acceptors (Lipinski definition) is 5. The number of piperazine rings is 1. The van der Waals surface area contributed by atoms with Gasteiger partial charge in [0, 0.05) is 38.4 Å². The van der Waals surface area contributed by atoms with E-state index in [1.54, 1.807) is 24.5 Å². The van der Waals surface area contributed by atoms with Crippen molar-refractivity contribution in [3.8, 4) is 11.5 Å². The molecular formula is C21H23FN2O3. The predicted molar refractivity (Wildman–Crippen MR) is 102 cm³/mol. The molecule has 1 atom stereocenters. The van der Waals surface area contributed by atoms with Crippen LogP contribution in [0, 0.1) is 5.82 Å². The predicted octanol–water partition coefficient (Wildman–Crippen LogP) is 2.97. The standard InChI is InChI=1S/C21H23FN2O3/c22-17-3-1-4-18(14-17)24-9-7-23(8-10-24)15-19(25)16-5-6-20-21(13-16)27-12-2-11-26-20/h1-6,12-14,19,25H,7-11,15H2. The Balaban J connectivity index is 1.35. The summed E-state index contributed by atoms with van der Waals surface area (Å²) in [6.07, 6.45) is 2.80. The van der Waals surface area contributed by atoms with Crippen molar-refractivity contribution in [3.05, 3.63) is 66.2 Å². The average Bonchev–Trinajstić information content (AvgIpc) is 2.93. The zero-order chi connectivity index (χ0) is 18.6. The minimum atomic E-state index is -0.605. The Bertz CT molecular complexity index is 819. The Morgan fingerprint density at radius 1 is 1.04 bits per heavy atom. The first-order chi connectivity index (χ1) is 13.2. The number of halogens is 1. The highest BCUT2D eigenvalue weighted by atomic mass is 19.1. The fourth-order valence-corrected chi connectivity index (χ4v) is 3.45. The summed E-state index contributed by atoms with van der Waals surface area (Å²) in [6.45, 7) is 4.28. The van der Waals surface area contributed by atoms with E-state index in [1.165, 1.54) is 6.07 Å². The van der Waals surface area contributed by atoms with Crippen LogP contribution in [0.5, 0.6) is 11.5 Å². The van der Waals surface area contributed by atoms with E-state index in [0.717, 1.165) is 37.4 Å². The number of anilines is 1. The first kappa shape index (κ1) is 17.8. The first-order valence-electron chi connectivity index (χ1n) is 9.18. The molecular weight excluding hydrogens is 347 g/mol. The van der Waals surface area contributed by atoms with Crippen molar-refractivity contribution >= 4 is 5.69 Å². The molecule has 1 fully saturated rings. The molecule has 0 bridgehead atoms. The van der Waals surface area contributed by atoms with Crippen LogP contribution >= 0.6 is 0 Å². The Labute approximate surface area is 158 Å². The van der Waals surface area contributed by atoms with Crippen molar-refractivity contribution in [2.24, 2.45) is 0 Å². The number of β-amino-alcohol motifs (C(OH)–C–C–N with tert-alkyl or cyclic N) is 1. The average molecular weight is 370 g/mol. The molecule has 0 amide bonds. The number of rotatable bonds is 4. The summed E-state index contributed by atoms with van der Waals surface area (Å²) in [5.74, 6) is 1.09. The van der Waals surface area contributed by atoms with Gasteiger partial charge in [0.25, 0.3) is 0 Å². The maximum Gasteiger partial charge on any atom is 0.168 e. The summed E-state index contributed by atoms with van der Waals surface area (Å²) in [6, 6.07) is 12.2. The maximum absolute atomic E-state index is 13.4. The fraction of sp³-hybridized carbons (Fsp3) is 0.333. The molecule has 2 aromatic carbocycles. The SMILES string of the molecule is OC(CN1CCN(c2cccc(F)c2)CC1)c1ccc2c(c1)OC=CCO2. The van der Waals surface area contributed by atoms with Gasteiger partial charge in [-0.05, 0) is 42.0 Å². The highest BCUT2D eigenvalue weighted by molar-refractivity contribution is 5.47. The van der Waals surface area contributed by atoms with Gasteiger partial charge in [0.2, 0.25) is 0 Å². The molecule has 6 heteroatoms. The molecule has 1 saturated heterocycles. The molecule has 2 aliphatic rings. The Hall–Kier alpha value is -2.57. The van der Waals surface area contributed by atoms with Gasteiger partial charge in [-0.3, -0.25) is 4.90 Å². The van der Waals surface area contributed by atoms with Crippen molar-refractivity contribution in [3.63, 3.8) is 0 Å². The Kier molecular flexibility index (Phi) is 5.27. The van der Waals surface area contributed by atoms with Crippen LogP contribution < -0.4 is 14.4 Å². The van der Waals surface area contributed by atoms with Crippen LogP contribution in [-0.2, 0) is 0 Å². The molecule has 142 valence electrons. The number of nitrogens with zero attached hydrogens (tertiary/aromatic N) is 2. The number of ether oxygens (including phenoxy) is 2. The van der Waals surface area contributed by atoms with E-state index in [1.807, 2.05) is 24.3 Å². The minimum Gasteiger partial charge on any atom is -0.485 e. The van der Waals surface area contributed by atoms with Crippen LogP contribution in [0.1, 0.15) is 11.7 Å². The molecule has 2 heterocycles. The third-order valence-electron chi connectivity index (χ3n) is 4.96. The molecule has 0 saturated carbocycles. The second kappa shape index (κ2) is 7.98. The monoisotopic (exact) mass is 370 g/mol. The number of aliphatic hydroxyl groups excluding tert-OH is 1. The summed E-state index contributed by atoms with van der Waals surface area (Å²) < 4.78 is 24.5. The summed E-state index contributed by atoms with van der Waals surface area (Å²) in [5, 5.41) is 10.6. The number of hydrogen-bond donors (Lipinski definition) is 1. The molecule has 0 radical (unpaired) electrons. The van der Waals surface area contributed by atoms with Crippen molar-refractivity contribution in [1.29, 1.82) is 0 Å². The summed E-state index contributed by atoms with van der Waals surface area (Å²) in [5.41, 5.74) is 1.71. The largest absolute Gasteiger partial charge is 0.485 e. The van der Waals surface area contributed by atoms with Crippen LogP contribution in [0.25, 0.3) is 0 Å². The highest BCUT2D eigenvalue weighted by Gasteiger charge is 2.21. The lowest BCUT2D eigenvalue weighted by molar-refractivity contribution is 0.109. The highest BCUT2D eigenvalue weighted by Crippen LogP contribution is 2.32. The van der Waals surface area contributed by atoms with E-state index in [4.69, 9.17) is 9.47 Å². The van der Waals surface area contributed by atoms with Gasteiger partial charge in [-0.15, -0.1) is 0 Å². The van der Waals surface area contributed by atoms with E-state index in [9.17, 15) is 9.50 Å². The molecule has 5 nitrogen and oxygen atoms in total. The number of benzene rings is 2. The van der Waals surface area contributed by atoms with E-state index < -0.39 is 6.10 Å². The zero-order valence-electron chi connectivity index (χ0n) is 15.1. The molecule has 2 aliphatic heterocycles. The first-order valence-corrected chi connectivity index (χ1v) is 9.18. The molecule has 2 aromatic rings. The van der Waals surface area contributed by atoms with Crippen molar-refractivity contribution in [1.82, 2.24) is 4.90 Å². The van der Waals surface area contributed by atoms with Crippen LogP contribution in [0.15, 0.2) is 54.8 Å². The summed E-state index contributed by atoms with van der Waals surface area (Å²) in [4.78, 5) is 4.40. The van der Waals surface area contributed by atoms with E-state index in [2.05, 4.69) is 9.80 Å². The molecule has 0 aromatic heterocycles. The van der Waals surface area contributed by atoms with Gasteiger partial charge < -0.3 is 19.5 Å². The normalized spacial score (nSPS) is 18.2. The van der Waals surface area contributed by atoms with Crippen molar-refractivity contribution in [2.45, 2.75) is 6.10 Å². The van der Waals surface area contributed by atoms with Gasteiger partial charge in [-0.1, -0.05) is 12.1 Å². The van der Waals surface area contributed by atoms with Gasteiger partial charge in [0.1, 0.15) is 12.4 Å². The van der Waals surface area contributed by atoms with E-state index in [-0.39, 0.29) is 5.82 Å². The zero-order valence-corrected chi connectivity index (χ0v) is 15.1. The van der Waals surface area contributed by atoms with Crippen molar-refractivity contribution in [2.75, 3.05) is 44.2 Å². The van der Waals surface area contributed by atoms with Crippen LogP contribution in [0.2, 0.25) is 0 Å². The van der Waals surface area contributed by atoms with Gasteiger partial charge >= 0.3 is 0 Å².